The summed E-state index contributed by atoms with van der Waals surface area (Å²) in [5.41, 5.74) is 2.95. The molecule has 234 valence electrons. The van der Waals surface area contributed by atoms with Crippen molar-refractivity contribution in [1.82, 2.24) is 24.8 Å². The van der Waals surface area contributed by atoms with Gasteiger partial charge in [-0.05, 0) is 49.9 Å². The number of carbonyl (C=O) groups is 1. The molecule has 0 radical (unpaired) electrons. The minimum absolute atomic E-state index is 0.388. The van der Waals surface area contributed by atoms with Crippen LogP contribution in [0, 0.1) is 0 Å². The van der Waals surface area contributed by atoms with E-state index in [4.69, 9.17) is 14.2 Å². The number of ether oxygens (including phenoxy) is 3. The molecule has 5 aromatic rings. The highest BCUT2D eigenvalue weighted by molar-refractivity contribution is 7.22. The van der Waals surface area contributed by atoms with Gasteiger partial charge in [-0.15, -0.1) is 0 Å². The van der Waals surface area contributed by atoms with E-state index in [-0.39, 0.29) is 6.03 Å². The molecule has 3 aromatic carbocycles. The smallest absolute Gasteiger partial charge is 0.325 e. The summed E-state index contributed by atoms with van der Waals surface area (Å²) in [6.07, 6.45) is 2.47. The number of carbonyl (C=O) groups excluding carboxylic acids is 1. The van der Waals surface area contributed by atoms with E-state index in [0.717, 1.165) is 66.0 Å². The predicted octanol–water partition coefficient (Wildman–Crippen LogP) is 5.66. The molecule has 1 aliphatic heterocycles. The lowest BCUT2D eigenvalue weighted by Gasteiger charge is -2.32. The molecule has 2 aromatic heterocycles. The quantitative estimate of drug-likeness (QED) is 0.158. The molecule has 0 atom stereocenters. The molecule has 1 fully saturated rings. The molecule has 0 bridgehead atoms. The van der Waals surface area contributed by atoms with Crippen molar-refractivity contribution >= 4 is 60.8 Å². The summed E-state index contributed by atoms with van der Waals surface area (Å²) in [4.78, 5) is 31.0. The molecule has 3 N–H and O–H groups in total. The van der Waals surface area contributed by atoms with E-state index in [1.54, 1.807) is 26.4 Å². The number of methoxy groups -OCH3 is 2. The Balaban J connectivity index is 1.11. The predicted molar refractivity (Wildman–Crippen MR) is 179 cm³/mol. The molecule has 6 rings (SSSR count). The number of anilines is 4. The molecule has 0 unspecified atom stereocenters. The Morgan fingerprint density at radius 1 is 0.911 bits per heavy atom. The average Bonchev–Trinajstić information content (AvgIpc) is 3.45. The summed E-state index contributed by atoms with van der Waals surface area (Å²) >= 11 is 1.38. The van der Waals surface area contributed by atoms with E-state index < -0.39 is 0 Å². The zero-order chi connectivity index (χ0) is 31.2. The maximum atomic E-state index is 12.6. The number of thiazole rings is 1. The van der Waals surface area contributed by atoms with Gasteiger partial charge < -0.3 is 34.6 Å². The maximum Gasteiger partial charge on any atom is 0.325 e. The van der Waals surface area contributed by atoms with Gasteiger partial charge in [-0.1, -0.05) is 17.4 Å². The van der Waals surface area contributed by atoms with Crippen molar-refractivity contribution < 1.29 is 19.0 Å². The van der Waals surface area contributed by atoms with Gasteiger partial charge in [0.15, 0.2) is 16.6 Å². The lowest BCUT2D eigenvalue weighted by atomic mass is 10.2. The van der Waals surface area contributed by atoms with E-state index in [2.05, 4.69) is 47.7 Å². The van der Waals surface area contributed by atoms with Crippen molar-refractivity contribution in [2.75, 3.05) is 76.5 Å². The van der Waals surface area contributed by atoms with Crippen LogP contribution in [0.4, 0.5) is 27.1 Å². The van der Waals surface area contributed by atoms with E-state index in [9.17, 15) is 4.79 Å². The molecular weight excluding hydrogens is 592 g/mol. The number of hydrogen-bond donors (Lipinski definition) is 3. The average molecular weight is 629 g/mol. The maximum absolute atomic E-state index is 12.6. The van der Waals surface area contributed by atoms with E-state index in [1.807, 2.05) is 42.5 Å². The van der Waals surface area contributed by atoms with Crippen LogP contribution in [-0.4, -0.2) is 91.4 Å². The molecule has 13 heteroatoms. The van der Waals surface area contributed by atoms with E-state index >= 15 is 0 Å². The molecule has 3 heterocycles. The Morgan fingerprint density at radius 2 is 1.78 bits per heavy atom. The van der Waals surface area contributed by atoms with Gasteiger partial charge in [0.25, 0.3) is 0 Å². The number of rotatable bonds is 11. The Bertz CT molecular complexity index is 1790. The number of nitrogens with zero attached hydrogens (tertiary/aromatic N) is 5. The van der Waals surface area contributed by atoms with Crippen molar-refractivity contribution in [2.24, 2.45) is 0 Å². The van der Waals surface area contributed by atoms with Crippen LogP contribution >= 0.6 is 11.3 Å². The summed E-state index contributed by atoms with van der Waals surface area (Å²) in [6, 6.07) is 16.4. The van der Waals surface area contributed by atoms with Gasteiger partial charge in [0.1, 0.15) is 17.9 Å². The summed E-state index contributed by atoms with van der Waals surface area (Å²) in [5.74, 6) is 2.58. The minimum Gasteiger partial charge on any atom is -0.497 e. The summed E-state index contributed by atoms with van der Waals surface area (Å²) in [5, 5.41) is 10.3. The number of aromatic nitrogens is 3. The highest BCUT2D eigenvalue weighted by Crippen LogP contribution is 2.36. The van der Waals surface area contributed by atoms with Crippen molar-refractivity contribution in [3.8, 4) is 17.2 Å². The van der Waals surface area contributed by atoms with Gasteiger partial charge in [0, 0.05) is 61.6 Å². The second kappa shape index (κ2) is 13.9. The van der Waals surface area contributed by atoms with Crippen molar-refractivity contribution in [3.63, 3.8) is 0 Å². The first kappa shape index (κ1) is 30.3. The van der Waals surface area contributed by atoms with Gasteiger partial charge >= 0.3 is 6.03 Å². The van der Waals surface area contributed by atoms with Gasteiger partial charge in [-0.2, -0.15) is 0 Å². The number of piperazine rings is 1. The summed E-state index contributed by atoms with van der Waals surface area (Å²) < 4.78 is 17.9. The van der Waals surface area contributed by atoms with Crippen LogP contribution in [0.3, 0.4) is 0 Å². The Labute approximate surface area is 265 Å². The fourth-order valence-corrected chi connectivity index (χ4v) is 6.03. The second-order valence-corrected chi connectivity index (χ2v) is 11.8. The third-order valence-corrected chi connectivity index (χ3v) is 8.53. The molecule has 2 amide bonds. The summed E-state index contributed by atoms with van der Waals surface area (Å²) in [6.45, 7) is 6.01. The van der Waals surface area contributed by atoms with Crippen LogP contribution in [0.1, 0.15) is 6.42 Å². The van der Waals surface area contributed by atoms with Crippen LogP contribution in [0.5, 0.6) is 17.2 Å². The van der Waals surface area contributed by atoms with E-state index in [1.165, 1.54) is 17.7 Å². The lowest BCUT2D eigenvalue weighted by molar-refractivity contribution is 0.145. The number of likely N-dealkylation sites (N-methyl/N-ethyl adjacent to an activating group) is 1. The Morgan fingerprint density at radius 3 is 2.60 bits per heavy atom. The van der Waals surface area contributed by atoms with Crippen LogP contribution in [0.2, 0.25) is 0 Å². The zero-order valence-electron chi connectivity index (χ0n) is 25.5. The fourth-order valence-electron chi connectivity index (χ4n) is 5.13. The molecule has 0 spiro atoms. The molecule has 0 aliphatic carbocycles. The number of nitrogens with one attached hydrogen (secondary N) is 3. The van der Waals surface area contributed by atoms with Crippen molar-refractivity contribution in [1.29, 1.82) is 0 Å². The van der Waals surface area contributed by atoms with Crippen molar-refractivity contribution in [3.05, 3.63) is 60.9 Å². The molecule has 45 heavy (non-hydrogen) atoms. The highest BCUT2D eigenvalue weighted by Gasteiger charge is 2.15. The molecular formula is C32H36N8O4S. The highest BCUT2D eigenvalue weighted by atomic mass is 32.1. The molecule has 0 saturated carbocycles. The molecule has 1 saturated heterocycles. The van der Waals surface area contributed by atoms with Crippen molar-refractivity contribution in [2.45, 2.75) is 6.42 Å². The molecule has 12 nitrogen and oxygen atoms in total. The van der Waals surface area contributed by atoms with Gasteiger partial charge in [-0.3, -0.25) is 5.32 Å². The Kier molecular flexibility index (Phi) is 9.38. The Hall–Kier alpha value is -4.72. The molecule has 1 aliphatic rings. The van der Waals surface area contributed by atoms with Crippen LogP contribution < -0.4 is 30.2 Å². The van der Waals surface area contributed by atoms with E-state index in [0.29, 0.717) is 40.5 Å². The topological polar surface area (TPSA) is 126 Å². The number of urea groups is 1. The normalized spacial score (nSPS) is 13.9. The van der Waals surface area contributed by atoms with Crippen LogP contribution in [0.25, 0.3) is 21.1 Å². The zero-order valence-corrected chi connectivity index (χ0v) is 26.3. The number of amides is 2. The third kappa shape index (κ3) is 7.51. The van der Waals surface area contributed by atoms with Crippen LogP contribution in [-0.2, 0) is 0 Å². The third-order valence-electron chi connectivity index (χ3n) is 7.59. The van der Waals surface area contributed by atoms with Gasteiger partial charge in [0.05, 0.1) is 36.6 Å². The monoisotopic (exact) mass is 628 g/mol. The SMILES string of the molecule is COc1cccc(NC(=O)Nc2nc3ccc(Nc4ncnc5cc(OCCCN6CCN(C)CC6)c(OC)cc45)cc3s2)c1. The summed E-state index contributed by atoms with van der Waals surface area (Å²) in [7, 11) is 5.38. The fraction of sp³-hybridized carbons (Fsp3) is 0.312. The first-order valence-electron chi connectivity index (χ1n) is 14.7. The minimum atomic E-state index is -0.388. The van der Waals surface area contributed by atoms with Gasteiger partial charge in [0.2, 0.25) is 0 Å². The first-order valence-corrected chi connectivity index (χ1v) is 15.5. The standard InChI is InChI=1S/C32H36N8O4S/c1-39-11-13-40(14-12-39)10-5-15-44-28-19-26-24(18-27(28)43-3)30(34-20-33-26)35-22-8-9-25-29(17-22)45-32(37-25)38-31(41)36-21-6-4-7-23(16-21)42-2/h4,6-9,16-20H,5,10-15H2,1-3H3,(H,33,34,35)(H2,36,37,38,41). The largest absolute Gasteiger partial charge is 0.497 e. The number of fused-ring (bicyclic) bond motifs is 2. The lowest BCUT2D eigenvalue weighted by Crippen LogP contribution is -2.44. The first-order chi connectivity index (χ1) is 22.0. The number of hydrogen-bond acceptors (Lipinski definition) is 11. The second-order valence-electron chi connectivity index (χ2n) is 10.7. The van der Waals surface area contributed by atoms with Gasteiger partial charge in [-0.25, -0.2) is 19.7 Å². The number of benzene rings is 3. The van der Waals surface area contributed by atoms with Crippen LogP contribution in [0.15, 0.2) is 60.9 Å².